The molecule has 0 aliphatic rings. The average Bonchev–Trinajstić information content (AvgIpc) is 3.54. The molecule has 50 heavy (non-hydrogen) atoms. The first-order valence-corrected chi connectivity index (χ1v) is 17.2. The van der Waals surface area contributed by atoms with Gasteiger partial charge in [-0.1, -0.05) is 140 Å². The predicted molar refractivity (Wildman–Crippen MR) is 213 cm³/mol. The fourth-order valence-corrected chi connectivity index (χ4v) is 7.92. The van der Waals surface area contributed by atoms with Gasteiger partial charge in [0.15, 0.2) is 0 Å². The molecule has 0 aliphatic carbocycles. The van der Waals surface area contributed by atoms with E-state index in [0.29, 0.717) is 0 Å². The maximum atomic E-state index is 2.48. The Balaban J connectivity index is 1.42. The quantitative estimate of drug-likeness (QED) is 0.183. The van der Waals surface area contributed by atoms with E-state index in [2.05, 4.69) is 203 Å². The largest absolute Gasteiger partial charge is 0.309 e. The molecule has 0 spiro atoms. The van der Waals surface area contributed by atoms with Crippen LogP contribution in [0.2, 0.25) is 0 Å². The van der Waals surface area contributed by atoms with E-state index in [4.69, 9.17) is 0 Å². The Bertz CT molecular complexity index is 2970. The third-order valence-electron chi connectivity index (χ3n) is 10.1. The van der Waals surface area contributed by atoms with Crippen molar-refractivity contribution in [2.75, 3.05) is 0 Å². The minimum atomic E-state index is 1.12. The number of hydrogen-bond acceptors (Lipinski definition) is 0. The van der Waals surface area contributed by atoms with Crippen LogP contribution in [0.25, 0.3) is 87.7 Å². The van der Waals surface area contributed by atoms with Crippen molar-refractivity contribution in [2.45, 2.75) is 0 Å². The number of rotatable bonds is 3. The predicted octanol–water partition coefficient (Wildman–Crippen LogP) is 13.0. The van der Waals surface area contributed by atoms with Crippen molar-refractivity contribution >= 4 is 65.2 Å². The lowest BCUT2D eigenvalue weighted by molar-refractivity contribution is 1.16. The van der Waals surface area contributed by atoms with Gasteiger partial charge in [0.2, 0.25) is 0 Å². The minimum Gasteiger partial charge on any atom is -0.309 e. The smallest absolute Gasteiger partial charge is 0.0542 e. The van der Waals surface area contributed by atoms with Crippen molar-refractivity contribution in [2.24, 2.45) is 0 Å². The number of nitrogens with zero attached hydrogens (tertiary/aromatic N) is 2. The molecule has 2 nitrogen and oxygen atoms in total. The summed E-state index contributed by atoms with van der Waals surface area (Å²) in [5.74, 6) is 0. The summed E-state index contributed by atoms with van der Waals surface area (Å²) in [6, 6.07) is 70.7. The Labute approximate surface area is 290 Å². The van der Waals surface area contributed by atoms with Gasteiger partial charge in [-0.25, -0.2) is 0 Å². The maximum Gasteiger partial charge on any atom is 0.0542 e. The van der Waals surface area contributed by atoms with E-state index in [9.17, 15) is 0 Å². The van der Waals surface area contributed by atoms with Gasteiger partial charge < -0.3 is 9.13 Å². The number of fused-ring (bicyclic) bond motifs is 10. The zero-order chi connectivity index (χ0) is 33.0. The van der Waals surface area contributed by atoms with E-state index >= 15 is 0 Å². The van der Waals surface area contributed by atoms with Gasteiger partial charge in [-0.05, 0) is 87.3 Å². The first-order chi connectivity index (χ1) is 24.8. The summed E-state index contributed by atoms with van der Waals surface area (Å²) in [6.07, 6.45) is 0. The second-order valence-corrected chi connectivity index (χ2v) is 12.9. The van der Waals surface area contributed by atoms with Crippen LogP contribution in [0.5, 0.6) is 0 Å². The van der Waals surface area contributed by atoms with E-state index in [1.165, 1.54) is 65.3 Å². The lowest BCUT2D eigenvalue weighted by Crippen LogP contribution is -1.99. The van der Waals surface area contributed by atoms with Crippen LogP contribution in [0, 0.1) is 0 Å². The third kappa shape index (κ3) is 4.43. The highest BCUT2D eigenvalue weighted by Gasteiger charge is 2.16. The zero-order valence-corrected chi connectivity index (χ0v) is 27.4. The maximum absolute atomic E-state index is 2.48. The van der Waals surface area contributed by atoms with Gasteiger partial charge in [-0.3, -0.25) is 0 Å². The van der Waals surface area contributed by atoms with E-state index in [1.807, 2.05) is 0 Å². The number of benzene rings is 8. The van der Waals surface area contributed by atoms with Crippen LogP contribution in [0.3, 0.4) is 0 Å². The Morgan fingerprint density at radius 3 is 1.24 bits per heavy atom. The van der Waals surface area contributed by atoms with Crippen molar-refractivity contribution in [1.82, 2.24) is 9.13 Å². The zero-order valence-electron chi connectivity index (χ0n) is 27.4. The topological polar surface area (TPSA) is 9.86 Å². The third-order valence-corrected chi connectivity index (χ3v) is 10.1. The molecule has 0 radical (unpaired) electrons. The van der Waals surface area contributed by atoms with Crippen molar-refractivity contribution in [3.05, 3.63) is 194 Å². The molecule has 0 atom stereocenters. The normalized spacial score (nSPS) is 11.6. The summed E-state index contributed by atoms with van der Waals surface area (Å²) in [4.78, 5) is 0. The highest BCUT2D eigenvalue weighted by atomic mass is 15.0. The second kappa shape index (κ2) is 11.5. The van der Waals surface area contributed by atoms with Crippen LogP contribution in [-0.4, -0.2) is 9.13 Å². The molecule has 0 saturated heterocycles. The minimum absolute atomic E-state index is 1.12. The molecule has 0 bridgehead atoms. The number of hydrogen-bond donors (Lipinski definition) is 0. The first kappa shape index (κ1) is 28.4. The van der Waals surface area contributed by atoms with Crippen LogP contribution >= 0.6 is 0 Å². The summed E-state index contributed by atoms with van der Waals surface area (Å²) in [6.45, 7) is 0. The van der Waals surface area contributed by atoms with E-state index < -0.39 is 0 Å². The summed E-state index contributed by atoms with van der Waals surface area (Å²) in [7, 11) is 0. The van der Waals surface area contributed by atoms with Gasteiger partial charge in [0, 0.05) is 32.9 Å². The molecule has 0 amide bonds. The Morgan fingerprint density at radius 1 is 0.220 bits per heavy atom. The van der Waals surface area contributed by atoms with Crippen molar-refractivity contribution in [1.29, 1.82) is 0 Å². The lowest BCUT2D eigenvalue weighted by atomic mass is 9.99. The fraction of sp³-hybridized carbons (Fsp3) is 0. The molecule has 0 aliphatic heterocycles. The fourth-order valence-electron chi connectivity index (χ4n) is 7.92. The van der Waals surface area contributed by atoms with Gasteiger partial charge in [-0.15, -0.1) is 0 Å². The Morgan fingerprint density at radius 2 is 0.620 bits per heavy atom. The van der Waals surface area contributed by atoms with E-state index in [-0.39, 0.29) is 0 Å². The number of para-hydroxylation sites is 3. The van der Waals surface area contributed by atoms with Crippen molar-refractivity contribution in [3.8, 4) is 22.5 Å². The molecule has 2 heterocycles. The highest BCUT2D eigenvalue weighted by molar-refractivity contribution is 6.20. The summed E-state index contributed by atoms with van der Waals surface area (Å²) < 4.78 is 4.86. The molecule has 234 valence electrons. The van der Waals surface area contributed by atoms with Crippen LogP contribution in [0.4, 0.5) is 0 Å². The standard InChI is InChI=1S/C48H32N2/c1-3-15-33(16-4-1)34-27-29-47-43(31-34)40-22-10-8-20-38(40)37-19-7-9-21-39(37)41-23-11-13-25-45(41)50(47)36-28-30-48-44(32-36)42-24-12-14-26-46(42)49(48)35-17-5-2-6-18-35/h1-32H. The van der Waals surface area contributed by atoms with E-state index in [1.54, 1.807) is 0 Å². The SMILES string of the molecule is c1ccc(-c2ccc3c(c2)c2ccccc2c2ccccc2c2ccccc2n3-c2ccc3c(c2)c2ccccc2n3-c2ccccc2)cc1. The molecular formula is C48H32N2. The van der Waals surface area contributed by atoms with Gasteiger partial charge in [-0.2, -0.15) is 0 Å². The summed E-state index contributed by atoms with van der Waals surface area (Å²) in [5.41, 5.74) is 9.35. The molecule has 2 heteroatoms. The van der Waals surface area contributed by atoms with Gasteiger partial charge in [0.25, 0.3) is 0 Å². The van der Waals surface area contributed by atoms with Crippen LogP contribution in [0.15, 0.2) is 194 Å². The van der Waals surface area contributed by atoms with Crippen LogP contribution in [-0.2, 0) is 0 Å². The molecule has 8 aromatic carbocycles. The molecular weight excluding hydrogens is 605 g/mol. The van der Waals surface area contributed by atoms with Crippen molar-refractivity contribution < 1.29 is 0 Å². The van der Waals surface area contributed by atoms with Crippen molar-refractivity contribution in [3.63, 3.8) is 0 Å². The monoisotopic (exact) mass is 636 g/mol. The lowest BCUT2D eigenvalue weighted by Gasteiger charge is -2.15. The molecule has 10 rings (SSSR count). The van der Waals surface area contributed by atoms with Crippen LogP contribution < -0.4 is 0 Å². The first-order valence-electron chi connectivity index (χ1n) is 17.2. The van der Waals surface area contributed by atoms with Gasteiger partial charge >= 0.3 is 0 Å². The highest BCUT2D eigenvalue weighted by Crippen LogP contribution is 2.38. The molecule has 0 N–H and O–H groups in total. The van der Waals surface area contributed by atoms with Gasteiger partial charge in [0.05, 0.1) is 22.1 Å². The molecule has 0 fully saturated rings. The second-order valence-electron chi connectivity index (χ2n) is 12.9. The average molecular weight is 637 g/mol. The van der Waals surface area contributed by atoms with Gasteiger partial charge in [0.1, 0.15) is 0 Å². The molecule has 10 aromatic rings. The Hall–Kier alpha value is -6.64. The molecule has 2 aromatic heterocycles. The Kier molecular flexibility index (Phi) is 6.53. The molecule has 0 saturated carbocycles. The molecule has 0 unspecified atom stereocenters. The van der Waals surface area contributed by atoms with Crippen LogP contribution in [0.1, 0.15) is 0 Å². The van der Waals surface area contributed by atoms with E-state index in [0.717, 1.165) is 22.4 Å². The summed E-state index contributed by atoms with van der Waals surface area (Å²) >= 11 is 0. The number of aromatic nitrogens is 2. The summed E-state index contributed by atoms with van der Waals surface area (Å²) in [5, 5.41) is 9.75.